The van der Waals surface area contributed by atoms with Gasteiger partial charge < -0.3 is 9.30 Å². The van der Waals surface area contributed by atoms with Crippen molar-refractivity contribution in [2.75, 3.05) is 7.11 Å². The molecule has 0 saturated heterocycles. The molecule has 0 aliphatic rings. The average Bonchev–Trinajstić information content (AvgIpc) is 2.90. The van der Waals surface area contributed by atoms with Gasteiger partial charge >= 0.3 is 12.1 Å². The molecule has 0 saturated carbocycles. The van der Waals surface area contributed by atoms with E-state index in [1.807, 2.05) is 20.8 Å². The number of halogens is 3. The summed E-state index contributed by atoms with van der Waals surface area (Å²) in [5.74, 6) is -0.871. The van der Waals surface area contributed by atoms with Gasteiger partial charge in [-0.1, -0.05) is 39.0 Å². The van der Waals surface area contributed by atoms with Gasteiger partial charge in [0, 0.05) is 23.2 Å². The first kappa shape index (κ1) is 21.7. The highest BCUT2D eigenvalue weighted by molar-refractivity contribution is 5.96. The van der Waals surface area contributed by atoms with Crippen molar-refractivity contribution >= 4 is 11.8 Å². The van der Waals surface area contributed by atoms with Crippen LogP contribution in [0.1, 0.15) is 71.2 Å². The van der Waals surface area contributed by atoms with Gasteiger partial charge in [0.05, 0.1) is 12.7 Å². The second-order valence-electron chi connectivity index (χ2n) is 7.59. The zero-order valence-corrected chi connectivity index (χ0v) is 16.7. The van der Waals surface area contributed by atoms with Crippen molar-refractivity contribution < 1.29 is 27.5 Å². The fourth-order valence-corrected chi connectivity index (χ4v) is 3.12. The Labute approximate surface area is 161 Å². The van der Waals surface area contributed by atoms with Crippen LogP contribution in [0.15, 0.2) is 18.2 Å². The van der Waals surface area contributed by atoms with Crippen LogP contribution in [0.5, 0.6) is 0 Å². The number of ketones is 1. The summed E-state index contributed by atoms with van der Waals surface area (Å²) in [6.07, 6.45) is -4.70. The number of rotatable bonds is 4. The Hall–Kier alpha value is -2.64. The van der Waals surface area contributed by atoms with Gasteiger partial charge in [-0.05, 0) is 19.4 Å². The molecule has 0 amide bonds. The minimum absolute atomic E-state index is 0.0590. The van der Waals surface area contributed by atoms with Crippen LogP contribution in [-0.4, -0.2) is 28.4 Å². The Morgan fingerprint density at radius 2 is 1.79 bits per heavy atom. The van der Waals surface area contributed by atoms with Crippen LogP contribution >= 0.6 is 0 Å². The monoisotopic (exact) mass is 396 g/mol. The summed E-state index contributed by atoms with van der Waals surface area (Å²) in [4.78, 5) is 28.1. The Balaban J connectivity index is 2.73. The molecule has 0 atom stereocenters. The van der Waals surface area contributed by atoms with Gasteiger partial charge in [-0.2, -0.15) is 13.2 Å². The standard InChI is InChI=1S/C20H23F3N2O3/c1-11-16(17(27)28-6)24-18(19(3,4)5)25(11)10-13-8-7-9-14(12(2)26)15(13)20(21,22)23/h7-9H,10H2,1-6H3. The molecular formula is C20H23F3N2O3. The average molecular weight is 396 g/mol. The summed E-state index contributed by atoms with van der Waals surface area (Å²) < 4.78 is 47.5. The maximum Gasteiger partial charge on any atom is 0.417 e. The lowest BCUT2D eigenvalue weighted by Crippen LogP contribution is -2.22. The highest BCUT2D eigenvalue weighted by Gasteiger charge is 2.38. The highest BCUT2D eigenvalue weighted by Crippen LogP contribution is 2.36. The number of hydrogen-bond acceptors (Lipinski definition) is 4. The number of benzene rings is 1. The minimum Gasteiger partial charge on any atom is -0.464 e. The third-order valence-corrected chi connectivity index (χ3v) is 4.41. The first-order valence-electron chi connectivity index (χ1n) is 8.65. The van der Waals surface area contributed by atoms with Crippen LogP contribution in [0.3, 0.4) is 0 Å². The van der Waals surface area contributed by atoms with Crippen LogP contribution in [0.4, 0.5) is 13.2 Å². The number of carbonyl (C=O) groups excluding carboxylic acids is 2. The molecule has 0 bridgehead atoms. The predicted molar refractivity (Wildman–Crippen MR) is 97.6 cm³/mol. The first-order valence-corrected chi connectivity index (χ1v) is 8.65. The van der Waals surface area contributed by atoms with E-state index in [0.717, 1.165) is 6.92 Å². The summed E-state index contributed by atoms with van der Waals surface area (Å²) >= 11 is 0. The number of carbonyl (C=O) groups is 2. The number of aromatic nitrogens is 2. The van der Waals surface area contributed by atoms with E-state index >= 15 is 0 Å². The fourth-order valence-electron chi connectivity index (χ4n) is 3.12. The van der Waals surface area contributed by atoms with E-state index in [0.29, 0.717) is 11.5 Å². The number of methoxy groups -OCH3 is 1. The molecule has 0 aliphatic carbocycles. The Bertz CT molecular complexity index is 922. The maximum atomic E-state index is 13.7. The van der Waals surface area contributed by atoms with Crippen LogP contribution in [0.2, 0.25) is 0 Å². The van der Waals surface area contributed by atoms with Gasteiger partial charge in [0.2, 0.25) is 0 Å². The summed E-state index contributed by atoms with van der Waals surface area (Å²) in [5.41, 5.74) is -1.49. The Kier molecular flexibility index (Phi) is 5.73. The number of hydrogen-bond donors (Lipinski definition) is 0. The summed E-state index contributed by atoms with van der Waals surface area (Å²) in [5, 5.41) is 0. The highest BCUT2D eigenvalue weighted by atomic mass is 19.4. The molecule has 1 heterocycles. The van der Waals surface area contributed by atoms with Gasteiger partial charge in [-0.3, -0.25) is 4.79 Å². The lowest BCUT2D eigenvalue weighted by atomic mass is 9.94. The smallest absolute Gasteiger partial charge is 0.417 e. The third kappa shape index (κ3) is 4.10. The number of Topliss-reactive ketones (excluding diaryl/α,β-unsaturated/α-hetero) is 1. The largest absolute Gasteiger partial charge is 0.464 e. The van der Waals surface area contributed by atoms with E-state index in [-0.39, 0.29) is 23.4 Å². The SMILES string of the molecule is COC(=O)c1nc(C(C)(C)C)n(Cc2cccc(C(C)=O)c2C(F)(F)F)c1C. The molecule has 8 heteroatoms. The van der Waals surface area contributed by atoms with Crippen LogP contribution < -0.4 is 0 Å². The Morgan fingerprint density at radius 1 is 1.18 bits per heavy atom. The molecule has 28 heavy (non-hydrogen) atoms. The normalized spacial score (nSPS) is 12.2. The van der Waals surface area contributed by atoms with Crippen molar-refractivity contribution in [1.29, 1.82) is 0 Å². The molecule has 1 aromatic carbocycles. The summed E-state index contributed by atoms with van der Waals surface area (Å²) in [6, 6.07) is 3.92. The molecule has 0 unspecified atom stereocenters. The van der Waals surface area contributed by atoms with Crippen molar-refractivity contribution in [1.82, 2.24) is 9.55 Å². The number of esters is 1. The Morgan fingerprint density at radius 3 is 2.25 bits per heavy atom. The van der Waals surface area contributed by atoms with Crippen LogP contribution in [-0.2, 0) is 22.9 Å². The lowest BCUT2D eigenvalue weighted by molar-refractivity contribution is -0.138. The van der Waals surface area contributed by atoms with Crippen molar-refractivity contribution in [3.63, 3.8) is 0 Å². The third-order valence-electron chi connectivity index (χ3n) is 4.41. The topological polar surface area (TPSA) is 61.2 Å². The quantitative estimate of drug-likeness (QED) is 0.562. The minimum atomic E-state index is -4.70. The molecule has 2 aromatic rings. The van der Waals surface area contributed by atoms with E-state index in [1.165, 1.54) is 25.3 Å². The van der Waals surface area contributed by atoms with Gasteiger partial charge in [-0.15, -0.1) is 0 Å². The molecule has 5 nitrogen and oxygen atoms in total. The summed E-state index contributed by atoms with van der Waals surface area (Å²) in [7, 11) is 1.22. The zero-order valence-electron chi connectivity index (χ0n) is 16.7. The van der Waals surface area contributed by atoms with Gasteiger partial charge in [0.1, 0.15) is 5.82 Å². The van der Waals surface area contributed by atoms with E-state index < -0.39 is 28.9 Å². The number of ether oxygens (including phenoxy) is 1. The second kappa shape index (κ2) is 7.41. The zero-order chi connectivity index (χ0) is 21.4. The van der Waals surface area contributed by atoms with Gasteiger partial charge in [0.25, 0.3) is 0 Å². The fraction of sp³-hybridized carbons (Fsp3) is 0.450. The van der Waals surface area contributed by atoms with Crippen molar-refractivity contribution in [2.24, 2.45) is 0 Å². The molecule has 0 N–H and O–H groups in total. The predicted octanol–water partition coefficient (Wildman–Crippen LogP) is 4.55. The molecule has 1 aromatic heterocycles. The second-order valence-corrected chi connectivity index (χ2v) is 7.59. The van der Waals surface area contributed by atoms with Crippen LogP contribution in [0, 0.1) is 6.92 Å². The molecule has 0 spiro atoms. The maximum absolute atomic E-state index is 13.7. The summed E-state index contributed by atoms with van der Waals surface area (Å²) in [6.45, 7) is 8.08. The number of nitrogens with zero attached hydrogens (tertiary/aromatic N) is 2. The molecule has 0 aliphatic heterocycles. The van der Waals surface area contributed by atoms with E-state index in [4.69, 9.17) is 4.74 Å². The van der Waals surface area contributed by atoms with E-state index in [9.17, 15) is 22.8 Å². The van der Waals surface area contributed by atoms with E-state index in [1.54, 1.807) is 11.5 Å². The van der Waals surface area contributed by atoms with E-state index in [2.05, 4.69) is 4.98 Å². The van der Waals surface area contributed by atoms with Crippen molar-refractivity contribution in [3.05, 3.63) is 52.1 Å². The molecular weight excluding hydrogens is 373 g/mol. The van der Waals surface area contributed by atoms with Crippen LogP contribution in [0.25, 0.3) is 0 Å². The van der Waals surface area contributed by atoms with Crippen molar-refractivity contribution in [2.45, 2.75) is 52.8 Å². The van der Waals surface area contributed by atoms with Crippen molar-refractivity contribution in [3.8, 4) is 0 Å². The molecule has 0 radical (unpaired) electrons. The first-order chi connectivity index (χ1) is 12.8. The van der Waals surface area contributed by atoms with Gasteiger partial charge in [-0.25, -0.2) is 9.78 Å². The molecule has 0 fully saturated rings. The number of alkyl halides is 3. The lowest BCUT2D eigenvalue weighted by Gasteiger charge is -2.22. The molecule has 2 rings (SSSR count). The number of imidazole rings is 1. The van der Waals surface area contributed by atoms with Gasteiger partial charge in [0.15, 0.2) is 11.5 Å². The molecule has 152 valence electrons.